The second kappa shape index (κ2) is 8.12. The SMILES string of the molecule is O=C(c1ccccc1)N(O)[C@@H]1CCCC[C@H]1N(O)C(=O)c1ccccc1. The molecule has 1 aliphatic rings. The Kier molecular flexibility index (Phi) is 5.65. The predicted molar refractivity (Wildman–Crippen MR) is 94.8 cm³/mol. The quantitative estimate of drug-likeness (QED) is 0.652. The number of hydroxylamine groups is 4. The third-order valence-corrected chi connectivity index (χ3v) is 4.78. The Morgan fingerprint density at radius 2 is 1.04 bits per heavy atom. The van der Waals surface area contributed by atoms with Crippen LogP contribution in [0.2, 0.25) is 0 Å². The monoisotopic (exact) mass is 354 g/mol. The van der Waals surface area contributed by atoms with E-state index in [9.17, 15) is 20.0 Å². The molecule has 2 N–H and O–H groups in total. The average molecular weight is 354 g/mol. The van der Waals surface area contributed by atoms with Crippen LogP contribution < -0.4 is 0 Å². The zero-order chi connectivity index (χ0) is 18.5. The first-order valence-electron chi connectivity index (χ1n) is 8.74. The van der Waals surface area contributed by atoms with Gasteiger partial charge in [0.15, 0.2) is 0 Å². The van der Waals surface area contributed by atoms with Crippen LogP contribution in [0.1, 0.15) is 46.4 Å². The fourth-order valence-corrected chi connectivity index (χ4v) is 3.39. The molecule has 0 radical (unpaired) electrons. The Morgan fingerprint density at radius 1 is 0.692 bits per heavy atom. The van der Waals surface area contributed by atoms with Crippen LogP contribution in [0.5, 0.6) is 0 Å². The van der Waals surface area contributed by atoms with Crippen molar-refractivity contribution in [2.45, 2.75) is 37.8 Å². The van der Waals surface area contributed by atoms with E-state index in [0.29, 0.717) is 34.1 Å². The summed E-state index contributed by atoms with van der Waals surface area (Å²) in [7, 11) is 0. The van der Waals surface area contributed by atoms with Gasteiger partial charge in [-0.3, -0.25) is 20.0 Å². The number of nitrogens with zero attached hydrogens (tertiary/aromatic N) is 2. The van der Waals surface area contributed by atoms with Crippen LogP contribution >= 0.6 is 0 Å². The lowest BCUT2D eigenvalue weighted by molar-refractivity contribution is -0.163. The second-order valence-electron chi connectivity index (χ2n) is 6.45. The molecule has 2 aromatic rings. The molecule has 1 fully saturated rings. The number of hydrogen-bond donors (Lipinski definition) is 2. The maximum Gasteiger partial charge on any atom is 0.277 e. The topological polar surface area (TPSA) is 81.1 Å². The van der Waals surface area contributed by atoms with Crippen LogP contribution in [0.15, 0.2) is 60.7 Å². The van der Waals surface area contributed by atoms with Gasteiger partial charge in [-0.15, -0.1) is 0 Å². The summed E-state index contributed by atoms with van der Waals surface area (Å²) in [5.41, 5.74) is 0.719. The summed E-state index contributed by atoms with van der Waals surface area (Å²) >= 11 is 0. The van der Waals surface area contributed by atoms with Crippen molar-refractivity contribution in [2.75, 3.05) is 0 Å². The first-order valence-corrected chi connectivity index (χ1v) is 8.74. The maximum atomic E-state index is 12.5. The molecule has 1 aliphatic carbocycles. The predicted octanol–water partition coefficient (Wildman–Crippen LogP) is 3.36. The summed E-state index contributed by atoms with van der Waals surface area (Å²) in [4.78, 5) is 25.1. The van der Waals surface area contributed by atoms with Gasteiger partial charge in [0.05, 0.1) is 12.1 Å². The molecule has 0 aliphatic heterocycles. The summed E-state index contributed by atoms with van der Waals surface area (Å²) < 4.78 is 0. The highest BCUT2D eigenvalue weighted by atomic mass is 16.5. The lowest BCUT2D eigenvalue weighted by Crippen LogP contribution is -2.54. The Balaban J connectivity index is 1.79. The number of carbonyl (C=O) groups is 2. The number of hydrogen-bond acceptors (Lipinski definition) is 4. The van der Waals surface area contributed by atoms with E-state index in [1.165, 1.54) is 0 Å². The highest BCUT2D eigenvalue weighted by Gasteiger charge is 2.38. The molecule has 0 aromatic heterocycles. The zero-order valence-corrected chi connectivity index (χ0v) is 14.4. The molecule has 3 rings (SSSR count). The lowest BCUT2D eigenvalue weighted by atomic mass is 9.89. The maximum absolute atomic E-state index is 12.5. The molecule has 136 valence electrons. The fraction of sp³-hybridized carbons (Fsp3) is 0.300. The molecule has 0 spiro atoms. The minimum absolute atomic E-state index is 0.359. The summed E-state index contributed by atoms with van der Waals surface area (Å²) in [6.07, 6.45) is 2.65. The molecule has 0 unspecified atom stereocenters. The van der Waals surface area contributed by atoms with Crippen molar-refractivity contribution in [3.05, 3.63) is 71.8 Å². The highest BCUT2D eigenvalue weighted by Crippen LogP contribution is 2.27. The lowest BCUT2D eigenvalue weighted by Gasteiger charge is -2.39. The van der Waals surface area contributed by atoms with Gasteiger partial charge in [-0.25, -0.2) is 10.1 Å². The zero-order valence-electron chi connectivity index (χ0n) is 14.4. The molecule has 0 bridgehead atoms. The minimum Gasteiger partial charge on any atom is -0.285 e. The van der Waals surface area contributed by atoms with E-state index in [0.717, 1.165) is 12.8 Å². The van der Waals surface area contributed by atoms with E-state index < -0.39 is 23.9 Å². The van der Waals surface area contributed by atoms with E-state index in [1.807, 2.05) is 0 Å². The molecular formula is C20H22N2O4. The van der Waals surface area contributed by atoms with Crippen LogP contribution in [0.25, 0.3) is 0 Å². The van der Waals surface area contributed by atoms with Gasteiger partial charge >= 0.3 is 0 Å². The highest BCUT2D eigenvalue weighted by molar-refractivity contribution is 5.94. The van der Waals surface area contributed by atoms with Gasteiger partial charge in [-0.1, -0.05) is 49.2 Å². The third kappa shape index (κ3) is 3.76. The van der Waals surface area contributed by atoms with Gasteiger partial charge in [0.2, 0.25) is 0 Å². The third-order valence-electron chi connectivity index (χ3n) is 4.78. The number of benzene rings is 2. The molecule has 0 saturated heterocycles. The smallest absolute Gasteiger partial charge is 0.277 e. The van der Waals surface area contributed by atoms with E-state index >= 15 is 0 Å². The normalized spacial score (nSPS) is 19.6. The van der Waals surface area contributed by atoms with Crippen molar-refractivity contribution < 1.29 is 20.0 Å². The van der Waals surface area contributed by atoms with Crippen molar-refractivity contribution in [1.29, 1.82) is 0 Å². The van der Waals surface area contributed by atoms with Gasteiger partial charge < -0.3 is 0 Å². The molecule has 2 amide bonds. The molecule has 26 heavy (non-hydrogen) atoms. The standard InChI is InChI=1S/C20H22N2O4/c23-19(15-9-3-1-4-10-15)21(25)17-13-7-8-14-18(17)22(26)20(24)16-11-5-2-6-12-16/h1-6,9-12,17-18,25-26H,7-8,13-14H2/t17-,18-/m1/s1. The van der Waals surface area contributed by atoms with Crippen LogP contribution in [0, 0.1) is 0 Å². The van der Waals surface area contributed by atoms with E-state index in [2.05, 4.69) is 0 Å². The van der Waals surface area contributed by atoms with E-state index in [-0.39, 0.29) is 0 Å². The van der Waals surface area contributed by atoms with Crippen LogP contribution in [-0.2, 0) is 0 Å². The first-order chi connectivity index (χ1) is 12.6. The van der Waals surface area contributed by atoms with Crippen LogP contribution in [0.3, 0.4) is 0 Å². The van der Waals surface area contributed by atoms with Crippen molar-refractivity contribution in [3.8, 4) is 0 Å². The molecule has 6 nitrogen and oxygen atoms in total. The molecule has 2 atom stereocenters. The van der Waals surface area contributed by atoms with Gasteiger partial charge in [-0.05, 0) is 37.1 Å². The summed E-state index contributed by atoms with van der Waals surface area (Å²) in [6.45, 7) is 0. The summed E-state index contributed by atoms with van der Waals surface area (Å²) in [5, 5.41) is 22.3. The van der Waals surface area contributed by atoms with Gasteiger partial charge in [0.25, 0.3) is 11.8 Å². The second-order valence-corrected chi connectivity index (χ2v) is 6.45. The van der Waals surface area contributed by atoms with Crippen molar-refractivity contribution in [3.63, 3.8) is 0 Å². The molecular weight excluding hydrogens is 332 g/mol. The fourth-order valence-electron chi connectivity index (χ4n) is 3.39. The summed E-state index contributed by atoms with van der Waals surface area (Å²) in [5.74, 6) is -1.08. The molecule has 2 aromatic carbocycles. The molecule has 0 heterocycles. The Hall–Kier alpha value is -2.70. The summed E-state index contributed by atoms with van der Waals surface area (Å²) in [6, 6.07) is 15.6. The Labute approximate surface area is 152 Å². The van der Waals surface area contributed by atoms with Crippen molar-refractivity contribution in [1.82, 2.24) is 10.1 Å². The first kappa shape index (κ1) is 18.1. The van der Waals surface area contributed by atoms with E-state index in [1.54, 1.807) is 60.7 Å². The van der Waals surface area contributed by atoms with Crippen molar-refractivity contribution in [2.24, 2.45) is 0 Å². The van der Waals surface area contributed by atoms with Gasteiger partial charge in [-0.2, -0.15) is 0 Å². The van der Waals surface area contributed by atoms with Crippen molar-refractivity contribution >= 4 is 11.8 Å². The number of amides is 2. The minimum atomic E-state index is -0.658. The van der Waals surface area contributed by atoms with Gasteiger partial charge in [0.1, 0.15) is 0 Å². The Morgan fingerprint density at radius 3 is 1.38 bits per heavy atom. The molecule has 6 heteroatoms. The molecule has 1 saturated carbocycles. The Bertz CT molecular complexity index is 685. The van der Waals surface area contributed by atoms with E-state index in [4.69, 9.17) is 0 Å². The number of carbonyl (C=O) groups excluding carboxylic acids is 2. The number of rotatable bonds is 4. The van der Waals surface area contributed by atoms with Crippen LogP contribution in [-0.4, -0.2) is 44.4 Å². The van der Waals surface area contributed by atoms with Gasteiger partial charge in [0, 0.05) is 11.1 Å². The van der Waals surface area contributed by atoms with Crippen LogP contribution in [0.4, 0.5) is 0 Å². The largest absolute Gasteiger partial charge is 0.285 e. The average Bonchev–Trinajstić information content (AvgIpc) is 2.73.